The maximum atomic E-state index is 13.1. The molecule has 0 saturated heterocycles. The van der Waals surface area contributed by atoms with Gasteiger partial charge in [0.15, 0.2) is 5.69 Å². The molecule has 6 heteroatoms. The van der Waals surface area contributed by atoms with Gasteiger partial charge < -0.3 is 0 Å². The highest BCUT2D eigenvalue weighted by Gasteiger charge is 2.14. The summed E-state index contributed by atoms with van der Waals surface area (Å²) in [6.45, 7) is 2.00. The van der Waals surface area contributed by atoms with Gasteiger partial charge in [-0.25, -0.2) is 9.07 Å². The minimum atomic E-state index is -0.488. The van der Waals surface area contributed by atoms with Gasteiger partial charge in [0.1, 0.15) is 11.9 Å². The van der Waals surface area contributed by atoms with Crippen molar-refractivity contribution < 1.29 is 4.39 Å². The maximum absolute atomic E-state index is 13.1. The molecule has 0 saturated carbocycles. The van der Waals surface area contributed by atoms with Gasteiger partial charge >= 0.3 is 0 Å². The van der Waals surface area contributed by atoms with E-state index in [2.05, 4.69) is 10.3 Å². The quantitative estimate of drug-likeness (QED) is 0.856. The fourth-order valence-corrected chi connectivity index (χ4v) is 1.85. The second-order valence-electron chi connectivity index (χ2n) is 3.76. The zero-order valence-electron chi connectivity index (χ0n) is 9.69. The fourth-order valence-electron chi connectivity index (χ4n) is 1.67. The highest BCUT2D eigenvalue weighted by molar-refractivity contribution is 6.30. The molecule has 0 spiro atoms. The predicted octanol–water partition coefficient (Wildman–Crippen LogP) is 2.88. The molecule has 1 aromatic carbocycles. The summed E-state index contributed by atoms with van der Waals surface area (Å²) >= 11 is 5.73. The Bertz CT molecular complexity index is 615. The summed E-state index contributed by atoms with van der Waals surface area (Å²) in [4.78, 5) is 0. The molecule has 92 valence electrons. The van der Waals surface area contributed by atoms with E-state index in [9.17, 15) is 4.39 Å². The van der Waals surface area contributed by atoms with Crippen LogP contribution in [0.5, 0.6) is 0 Å². The van der Waals surface area contributed by atoms with Crippen LogP contribution < -0.4 is 0 Å². The lowest BCUT2D eigenvalue weighted by Crippen LogP contribution is -2.03. The normalized spacial score (nSPS) is 10.3. The summed E-state index contributed by atoms with van der Waals surface area (Å²) in [5.41, 5.74) is 1.60. The van der Waals surface area contributed by atoms with Crippen LogP contribution in [0.25, 0.3) is 5.69 Å². The molecule has 1 heterocycles. The van der Waals surface area contributed by atoms with Crippen LogP contribution in [0.1, 0.15) is 24.7 Å². The second kappa shape index (κ2) is 5.15. The molecule has 1 aromatic heterocycles. The van der Waals surface area contributed by atoms with Crippen molar-refractivity contribution >= 4 is 11.6 Å². The van der Waals surface area contributed by atoms with Crippen LogP contribution in [0.15, 0.2) is 18.2 Å². The first-order valence-corrected chi connectivity index (χ1v) is 5.85. The average Bonchev–Trinajstić information content (AvgIpc) is 2.76. The Kier molecular flexibility index (Phi) is 3.58. The van der Waals surface area contributed by atoms with Crippen molar-refractivity contribution in [3.8, 4) is 11.8 Å². The minimum absolute atomic E-state index is 0.0176. The van der Waals surface area contributed by atoms with Crippen LogP contribution in [-0.2, 0) is 6.42 Å². The first-order valence-electron chi connectivity index (χ1n) is 5.47. The van der Waals surface area contributed by atoms with Crippen LogP contribution in [0.3, 0.4) is 0 Å². The molecule has 0 N–H and O–H groups in total. The maximum Gasteiger partial charge on any atom is 0.186 e. The van der Waals surface area contributed by atoms with Crippen molar-refractivity contribution in [2.45, 2.75) is 19.8 Å². The molecule has 0 amide bonds. The van der Waals surface area contributed by atoms with Gasteiger partial charge in [-0.3, -0.25) is 0 Å². The van der Waals surface area contributed by atoms with E-state index >= 15 is 0 Å². The topological polar surface area (TPSA) is 54.5 Å². The van der Waals surface area contributed by atoms with E-state index in [1.54, 1.807) is 6.07 Å². The highest BCUT2D eigenvalue weighted by Crippen LogP contribution is 2.20. The molecule has 0 aliphatic carbocycles. The fraction of sp³-hybridized carbons (Fsp3) is 0.250. The molecule has 0 unspecified atom stereocenters. The number of halogens is 2. The Morgan fingerprint density at radius 2 is 2.28 bits per heavy atom. The second-order valence-corrected chi connectivity index (χ2v) is 4.16. The third kappa shape index (κ3) is 2.20. The van der Waals surface area contributed by atoms with E-state index in [0.29, 0.717) is 17.8 Å². The highest BCUT2D eigenvalue weighted by atomic mass is 35.5. The zero-order chi connectivity index (χ0) is 13.1. The summed E-state index contributed by atoms with van der Waals surface area (Å²) in [6, 6.07) is 6.28. The summed E-state index contributed by atoms with van der Waals surface area (Å²) in [6.07, 6.45) is 1.53. The summed E-state index contributed by atoms with van der Waals surface area (Å²) in [5, 5.41) is 16.7. The predicted molar refractivity (Wildman–Crippen MR) is 65.0 cm³/mol. The number of benzene rings is 1. The monoisotopic (exact) mass is 264 g/mol. The van der Waals surface area contributed by atoms with Gasteiger partial charge in [-0.1, -0.05) is 30.2 Å². The lowest BCUT2D eigenvalue weighted by molar-refractivity contribution is 0.626. The number of nitriles is 1. The summed E-state index contributed by atoms with van der Waals surface area (Å²) < 4.78 is 14.6. The standard InChI is InChI=1S/C12H10ClFN4/c1-2-3-12-11(7-15)16-17-18(12)8-4-5-10(14)9(13)6-8/h4-6H,2-3H2,1H3. The van der Waals surface area contributed by atoms with Crippen LogP contribution >= 0.6 is 11.6 Å². The van der Waals surface area contributed by atoms with Crippen LogP contribution in [-0.4, -0.2) is 15.0 Å². The minimum Gasteiger partial charge on any atom is -0.216 e. The smallest absolute Gasteiger partial charge is 0.186 e. The number of aromatic nitrogens is 3. The van der Waals surface area contributed by atoms with E-state index in [1.165, 1.54) is 16.8 Å². The largest absolute Gasteiger partial charge is 0.216 e. The SMILES string of the molecule is CCCc1c(C#N)nnn1-c1ccc(F)c(Cl)c1. The molecule has 0 aliphatic rings. The van der Waals surface area contributed by atoms with Gasteiger partial charge in [-0.15, -0.1) is 5.10 Å². The van der Waals surface area contributed by atoms with Gasteiger partial charge in [-0.05, 0) is 24.6 Å². The van der Waals surface area contributed by atoms with Gasteiger partial charge in [0.25, 0.3) is 0 Å². The Labute approximate surface area is 109 Å². The molecular weight excluding hydrogens is 255 g/mol. The molecule has 0 bridgehead atoms. The van der Waals surface area contributed by atoms with Crippen LogP contribution in [0.4, 0.5) is 4.39 Å². The van der Waals surface area contributed by atoms with E-state index in [-0.39, 0.29) is 10.7 Å². The third-order valence-electron chi connectivity index (χ3n) is 2.50. The van der Waals surface area contributed by atoms with Gasteiger partial charge in [0.2, 0.25) is 0 Å². The zero-order valence-corrected chi connectivity index (χ0v) is 10.4. The van der Waals surface area contributed by atoms with E-state index < -0.39 is 5.82 Å². The number of nitrogens with zero attached hydrogens (tertiary/aromatic N) is 4. The Balaban J connectivity index is 2.53. The molecule has 0 atom stereocenters. The summed E-state index contributed by atoms with van der Waals surface area (Å²) in [7, 11) is 0. The van der Waals surface area contributed by atoms with E-state index in [1.807, 2.05) is 13.0 Å². The molecule has 2 rings (SSSR count). The number of hydrogen-bond acceptors (Lipinski definition) is 3. The lowest BCUT2D eigenvalue weighted by atomic mass is 10.2. The average molecular weight is 265 g/mol. The number of rotatable bonds is 3. The van der Waals surface area contributed by atoms with E-state index in [0.717, 1.165) is 6.42 Å². The van der Waals surface area contributed by atoms with E-state index in [4.69, 9.17) is 16.9 Å². The van der Waals surface area contributed by atoms with Gasteiger partial charge in [0.05, 0.1) is 16.4 Å². The molecule has 0 radical (unpaired) electrons. The van der Waals surface area contributed by atoms with Crippen molar-refractivity contribution in [3.05, 3.63) is 40.4 Å². The van der Waals surface area contributed by atoms with Gasteiger partial charge in [0, 0.05) is 0 Å². The molecular formula is C12H10ClFN4. The molecule has 18 heavy (non-hydrogen) atoms. The number of hydrogen-bond donors (Lipinski definition) is 0. The third-order valence-corrected chi connectivity index (χ3v) is 2.79. The van der Waals surface area contributed by atoms with Crippen LogP contribution in [0.2, 0.25) is 5.02 Å². The van der Waals surface area contributed by atoms with Crippen molar-refractivity contribution in [2.75, 3.05) is 0 Å². The van der Waals surface area contributed by atoms with Crippen molar-refractivity contribution in [1.29, 1.82) is 5.26 Å². The molecule has 4 nitrogen and oxygen atoms in total. The lowest BCUT2D eigenvalue weighted by Gasteiger charge is -2.06. The first-order chi connectivity index (χ1) is 8.67. The Hall–Kier alpha value is -1.93. The van der Waals surface area contributed by atoms with Crippen molar-refractivity contribution in [2.24, 2.45) is 0 Å². The van der Waals surface area contributed by atoms with Crippen LogP contribution in [0, 0.1) is 17.1 Å². The van der Waals surface area contributed by atoms with Crippen molar-refractivity contribution in [3.63, 3.8) is 0 Å². The summed E-state index contributed by atoms with van der Waals surface area (Å²) in [5.74, 6) is -0.488. The molecule has 2 aromatic rings. The Morgan fingerprint density at radius 3 is 2.89 bits per heavy atom. The molecule has 0 fully saturated rings. The molecule has 0 aliphatic heterocycles. The Morgan fingerprint density at radius 1 is 1.50 bits per heavy atom. The van der Waals surface area contributed by atoms with Crippen molar-refractivity contribution in [1.82, 2.24) is 15.0 Å². The van der Waals surface area contributed by atoms with Gasteiger partial charge in [-0.2, -0.15) is 5.26 Å². The first kappa shape index (κ1) is 12.5.